The van der Waals surface area contributed by atoms with Crippen molar-refractivity contribution in [1.29, 1.82) is 0 Å². The maximum Gasteiger partial charge on any atom is 0.311 e. The van der Waals surface area contributed by atoms with Crippen LogP contribution in [0, 0.1) is 11.2 Å². The number of carbonyl (C=O) groups excluding carboxylic acids is 1. The van der Waals surface area contributed by atoms with Gasteiger partial charge in [0.05, 0.1) is 5.41 Å². The van der Waals surface area contributed by atoms with E-state index in [0.717, 1.165) is 0 Å². The normalized spacial score (nSPS) is 20.7. The topological polar surface area (TPSA) is 70.5 Å². The molecule has 0 aliphatic carbocycles. The van der Waals surface area contributed by atoms with E-state index in [9.17, 15) is 19.1 Å². The van der Waals surface area contributed by atoms with Crippen molar-refractivity contribution in [2.45, 2.75) is 13.3 Å². The summed E-state index contributed by atoms with van der Waals surface area (Å²) in [5.74, 6) is -1.60. The fraction of sp³-hybridized carbons (Fsp3) is 0.312. The molecule has 1 saturated heterocycles. The molecule has 2 heterocycles. The lowest BCUT2D eigenvalue weighted by atomic mass is 9.90. The van der Waals surface area contributed by atoms with Crippen LogP contribution in [0.25, 0.3) is 10.6 Å². The SMILES string of the molecule is CC1(C(=O)O)CCN(C(=O)c2csc(-c3ccccc3F)n2)C1. The molecule has 23 heavy (non-hydrogen) atoms. The molecular formula is C16H15FN2O3S. The van der Waals surface area contributed by atoms with Gasteiger partial charge >= 0.3 is 5.97 Å². The average Bonchev–Trinajstić information content (AvgIpc) is 3.15. The molecule has 3 rings (SSSR count). The molecular weight excluding hydrogens is 319 g/mol. The first kappa shape index (κ1) is 15.6. The lowest BCUT2D eigenvalue weighted by Crippen LogP contribution is -2.35. The number of hydrogen-bond acceptors (Lipinski definition) is 4. The second-order valence-electron chi connectivity index (χ2n) is 5.86. The Hall–Kier alpha value is -2.28. The first-order valence-electron chi connectivity index (χ1n) is 7.14. The van der Waals surface area contributed by atoms with Crippen molar-refractivity contribution in [3.8, 4) is 10.6 Å². The first-order valence-corrected chi connectivity index (χ1v) is 8.02. The molecule has 1 amide bonds. The van der Waals surface area contributed by atoms with Gasteiger partial charge in [0.1, 0.15) is 16.5 Å². The van der Waals surface area contributed by atoms with Crippen molar-refractivity contribution < 1.29 is 19.1 Å². The molecule has 1 atom stereocenters. The number of hydrogen-bond donors (Lipinski definition) is 1. The second kappa shape index (κ2) is 5.73. The van der Waals surface area contributed by atoms with Crippen molar-refractivity contribution in [2.75, 3.05) is 13.1 Å². The molecule has 1 aliphatic rings. The van der Waals surface area contributed by atoms with Gasteiger partial charge in [0.25, 0.3) is 5.91 Å². The summed E-state index contributed by atoms with van der Waals surface area (Å²) >= 11 is 1.20. The van der Waals surface area contributed by atoms with E-state index in [4.69, 9.17) is 0 Å². The zero-order chi connectivity index (χ0) is 16.6. The van der Waals surface area contributed by atoms with Gasteiger partial charge < -0.3 is 10.0 Å². The van der Waals surface area contributed by atoms with Crippen LogP contribution in [0.5, 0.6) is 0 Å². The third-order valence-electron chi connectivity index (χ3n) is 4.10. The summed E-state index contributed by atoms with van der Waals surface area (Å²) in [4.78, 5) is 29.4. The van der Waals surface area contributed by atoms with Gasteiger partial charge in [-0.05, 0) is 25.5 Å². The van der Waals surface area contributed by atoms with E-state index >= 15 is 0 Å². The average molecular weight is 334 g/mol. The molecule has 1 N–H and O–H groups in total. The molecule has 1 fully saturated rings. The summed E-state index contributed by atoms with van der Waals surface area (Å²) < 4.78 is 13.8. The molecule has 1 aromatic heterocycles. The van der Waals surface area contributed by atoms with E-state index in [-0.39, 0.29) is 24.0 Å². The highest BCUT2D eigenvalue weighted by molar-refractivity contribution is 7.13. The number of carboxylic acids is 1. The summed E-state index contributed by atoms with van der Waals surface area (Å²) in [6.45, 7) is 2.18. The van der Waals surface area contributed by atoms with Gasteiger partial charge in [0.15, 0.2) is 0 Å². The Labute approximate surface area is 136 Å². The summed E-state index contributed by atoms with van der Waals surface area (Å²) in [6, 6.07) is 6.26. The Bertz CT molecular complexity index is 776. The molecule has 7 heteroatoms. The van der Waals surface area contributed by atoms with Gasteiger partial charge in [-0.1, -0.05) is 12.1 Å². The number of likely N-dealkylation sites (tertiary alicyclic amines) is 1. The molecule has 0 bridgehead atoms. The van der Waals surface area contributed by atoms with Crippen LogP contribution in [0.1, 0.15) is 23.8 Å². The molecule has 1 unspecified atom stereocenters. The maximum atomic E-state index is 13.8. The monoisotopic (exact) mass is 334 g/mol. The number of nitrogens with zero attached hydrogens (tertiary/aromatic N) is 2. The largest absolute Gasteiger partial charge is 0.481 e. The Kier molecular flexibility index (Phi) is 3.89. The lowest BCUT2D eigenvalue weighted by Gasteiger charge is -2.19. The minimum Gasteiger partial charge on any atom is -0.481 e. The highest BCUT2D eigenvalue weighted by Gasteiger charge is 2.42. The van der Waals surface area contributed by atoms with Crippen LogP contribution in [0.3, 0.4) is 0 Å². The number of thiazole rings is 1. The smallest absolute Gasteiger partial charge is 0.311 e. The van der Waals surface area contributed by atoms with Crippen LogP contribution in [0.4, 0.5) is 4.39 Å². The van der Waals surface area contributed by atoms with Gasteiger partial charge in [-0.25, -0.2) is 9.37 Å². The van der Waals surface area contributed by atoms with Gasteiger partial charge in [-0.15, -0.1) is 11.3 Å². The second-order valence-corrected chi connectivity index (χ2v) is 6.72. The molecule has 2 aromatic rings. The highest BCUT2D eigenvalue weighted by Crippen LogP contribution is 2.32. The van der Waals surface area contributed by atoms with E-state index in [1.807, 2.05) is 0 Å². The van der Waals surface area contributed by atoms with Crippen molar-refractivity contribution >= 4 is 23.2 Å². The Morgan fingerprint density at radius 2 is 2.13 bits per heavy atom. The number of halogens is 1. The molecule has 0 radical (unpaired) electrons. The summed E-state index contributed by atoms with van der Waals surface area (Å²) in [5.41, 5.74) is -0.337. The minimum atomic E-state index is -0.917. The Morgan fingerprint density at radius 3 is 2.78 bits per heavy atom. The highest BCUT2D eigenvalue weighted by atomic mass is 32.1. The fourth-order valence-corrected chi connectivity index (χ4v) is 3.42. The molecule has 1 aliphatic heterocycles. The zero-order valence-corrected chi connectivity index (χ0v) is 13.3. The summed E-state index contributed by atoms with van der Waals surface area (Å²) in [7, 11) is 0. The van der Waals surface area contributed by atoms with Crippen LogP contribution in [0.15, 0.2) is 29.6 Å². The van der Waals surface area contributed by atoms with Crippen LogP contribution in [0.2, 0.25) is 0 Å². The number of benzene rings is 1. The third-order valence-corrected chi connectivity index (χ3v) is 4.98. The van der Waals surface area contributed by atoms with Crippen molar-refractivity contribution in [2.24, 2.45) is 5.41 Å². The lowest BCUT2D eigenvalue weighted by molar-refractivity contribution is -0.147. The van der Waals surface area contributed by atoms with Gasteiger partial charge in [-0.2, -0.15) is 0 Å². The van der Waals surface area contributed by atoms with E-state index in [0.29, 0.717) is 23.5 Å². The van der Waals surface area contributed by atoms with Crippen molar-refractivity contribution in [3.63, 3.8) is 0 Å². The number of aromatic nitrogens is 1. The van der Waals surface area contributed by atoms with E-state index < -0.39 is 11.4 Å². The van der Waals surface area contributed by atoms with E-state index in [1.54, 1.807) is 30.5 Å². The molecule has 1 aromatic carbocycles. The molecule has 0 spiro atoms. The standard InChI is InChI=1S/C16H15FN2O3S/c1-16(15(21)22)6-7-19(9-16)14(20)12-8-23-13(18-12)10-4-2-3-5-11(10)17/h2-5,8H,6-7,9H2,1H3,(H,21,22). The number of carbonyl (C=O) groups is 2. The Morgan fingerprint density at radius 1 is 1.39 bits per heavy atom. The van der Waals surface area contributed by atoms with Gasteiger partial charge in [0.2, 0.25) is 0 Å². The molecule has 0 saturated carbocycles. The zero-order valence-electron chi connectivity index (χ0n) is 12.5. The van der Waals surface area contributed by atoms with Crippen molar-refractivity contribution in [1.82, 2.24) is 9.88 Å². The maximum absolute atomic E-state index is 13.8. The minimum absolute atomic E-state index is 0.160. The number of aliphatic carboxylic acids is 1. The van der Waals surface area contributed by atoms with Gasteiger partial charge in [-0.3, -0.25) is 9.59 Å². The third kappa shape index (κ3) is 2.84. The van der Waals surface area contributed by atoms with Crippen LogP contribution >= 0.6 is 11.3 Å². The predicted molar refractivity (Wildman–Crippen MR) is 83.8 cm³/mol. The summed E-state index contributed by atoms with van der Waals surface area (Å²) in [6.07, 6.45) is 0.415. The Balaban J connectivity index is 1.80. The molecule has 5 nitrogen and oxygen atoms in total. The van der Waals surface area contributed by atoms with Crippen LogP contribution < -0.4 is 0 Å². The van der Waals surface area contributed by atoms with Crippen LogP contribution in [-0.2, 0) is 4.79 Å². The quantitative estimate of drug-likeness (QED) is 0.937. The van der Waals surface area contributed by atoms with Crippen LogP contribution in [-0.4, -0.2) is 40.0 Å². The van der Waals surface area contributed by atoms with Crippen molar-refractivity contribution in [3.05, 3.63) is 41.2 Å². The first-order chi connectivity index (χ1) is 10.9. The number of carboxylic acid groups (broad SMARTS) is 1. The van der Waals surface area contributed by atoms with Gasteiger partial charge in [0, 0.05) is 24.0 Å². The molecule has 120 valence electrons. The van der Waals surface area contributed by atoms with E-state index in [2.05, 4.69) is 4.98 Å². The number of amides is 1. The number of rotatable bonds is 3. The summed E-state index contributed by atoms with van der Waals surface area (Å²) in [5, 5.41) is 11.3. The van der Waals surface area contributed by atoms with E-state index in [1.165, 1.54) is 22.3 Å². The predicted octanol–water partition coefficient (Wildman–Crippen LogP) is 2.89. The fourth-order valence-electron chi connectivity index (χ4n) is 2.60.